The second kappa shape index (κ2) is 6.55. The fourth-order valence-electron chi connectivity index (χ4n) is 2.12. The van der Waals surface area contributed by atoms with Gasteiger partial charge in [-0.3, -0.25) is 0 Å². The summed E-state index contributed by atoms with van der Waals surface area (Å²) in [5.74, 6) is 1.54. The van der Waals surface area contributed by atoms with Crippen molar-refractivity contribution in [2.75, 3.05) is 7.11 Å². The summed E-state index contributed by atoms with van der Waals surface area (Å²) in [7, 11) is 1.62. The van der Waals surface area contributed by atoms with E-state index in [0.29, 0.717) is 11.6 Å². The van der Waals surface area contributed by atoms with Gasteiger partial charge in [0.1, 0.15) is 18.1 Å². The van der Waals surface area contributed by atoms with E-state index in [4.69, 9.17) is 21.1 Å². The summed E-state index contributed by atoms with van der Waals surface area (Å²) in [5, 5.41) is 1.45. The highest BCUT2D eigenvalue weighted by atomic mass is 79.9. The van der Waals surface area contributed by atoms with E-state index in [1.165, 1.54) is 0 Å². The van der Waals surface area contributed by atoms with Crippen LogP contribution in [0, 0.1) is 0 Å². The van der Waals surface area contributed by atoms with Gasteiger partial charge in [-0.15, -0.1) is 0 Å². The molecule has 0 bridgehead atoms. The third-order valence-electron chi connectivity index (χ3n) is 3.26. The lowest BCUT2D eigenvalue weighted by molar-refractivity contribution is 0.301. The summed E-state index contributed by atoms with van der Waals surface area (Å²) < 4.78 is 11.7. The van der Waals surface area contributed by atoms with Gasteiger partial charge in [0.25, 0.3) is 0 Å². The fourth-order valence-corrected chi connectivity index (χ4v) is 2.80. The molecule has 0 fully saturated rings. The molecule has 0 amide bonds. The Kier molecular flexibility index (Phi) is 4.50. The van der Waals surface area contributed by atoms with E-state index in [1.807, 2.05) is 48.5 Å². The van der Waals surface area contributed by atoms with Crippen LogP contribution < -0.4 is 9.47 Å². The number of nitrogens with zero attached hydrogens (tertiary/aromatic N) is 1. The van der Waals surface area contributed by atoms with Crippen molar-refractivity contribution in [1.82, 2.24) is 4.98 Å². The van der Waals surface area contributed by atoms with Crippen molar-refractivity contribution < 1.29 is 9.47 Å². The molecule has 0 N–H and O–H groups in total. The molecule has 5 heteroatoms. The molecule has 0 aliphatic rings. The minimum absolute atomic E-state index is 0.340. The van der Waals surface area contributed by atoms with Crippen LogP contribution in [-0.4, -0.2) is 12.1 Å². The van der Waals surface area contributed by atoms with Crippen LogP contribution in [0.5, 0.6) is 11.5 Å². The van der Waals surface area contributed by atoms with E-state index in [2.05, 4.69) is 20.9 Å². The smallest absolute Gasteiger partial charge is 0.131 e. The number of para-hydroxylation sites is 1. The first kappa shape index (κ1) is 15.1. The van der Waals surface area contributed by atoms with E-state index in [0.717, 1.165) is 32.6 Å². The van der Waals surface area contributed by atoms with E-state index >= 15 is 0 Å². The van der Waals surface area contributed by atoms with Crippen molar-refractivity contribution in [1.29, 1.82) is 0 Å². The number of hydrogen-bond acceptors (Lipinski definition) is 3. The first-order valence-corrected chi connectivity index (χ1v) is 7.85. The number of methoxy groups -OCH3 is 1. The van der Waals surface area contributed by atoms with Crippen LogP contribution in [0.2, 0.25) is 5.02 Å². The van der Waals surface area contributed by atoms with Crippen molar-refractivity contribution in [3.05, 3.63) is 63.7 Å². The molecule has 0 unspecified atom stereocenters. The molecule has 112 valence electrons. The Morgan fingerprint density at radius 2 is 1.86 bits per heavy atom. The fraction of sp³-hybridized carbons (Fsp3) is 0.118. The summed E-state index contributed by atoms with van der Waals surface area (Å²) in [6.07, 6.45) is 0. The number of hydrogen-bond donors (Lipinski definition) is 0. The van der Waals surface area contributed by atoms with E-state index in [-0.39, 0.29) is 0 Å². The van der Waals surface area contributed by atoms with E-state index < -0.39 is 0 Å². The summed E-state index contributed by atoms with van der Waals surface area (Å²) in [6.45, 7) is 0.340. The molecule has 0 saturated carbocycles. The molecule has 0 spiro atoms. The van der Waals surface area contributed by atoms with Gasteiger partial charge < -0.3 is 9.47 Å². The maximum Gasteiger partial charge on any atom is 0.131 e. The SMILES string of the molecule is COc1ccc2nc(COc3ccccc3)c(Br)c(Cl)c2c1. The minimum Gasteiger partial charge on any atom is -0.497 e. The Morgan fingerprint density at radius 1 is 1.09 bits per heavy atom. The van der Waals surface area contributed by atoms with Crippen LogP contribution in [-0.2, 0) is 6.61 Å². The average Bonchev–Trinajstić information content (AvgIpc) is 2.57. The summed E-state index contributed by atoms with van der Waals surface area (Å²) >= 11 is 9.95. The zero-order chi connectivity index (χ0) is 15.5. The molecule has 0 aliphatic carbocycles. The van der Waals surface area contributed by atoms with Crippen molar-refractivity contribution >= 4 is 38.4 Å². The number of aromatic nitrogens is 1. The lowest BCUT2D eigenvalue weighted by Gasteiger charge is -2.11. The zero-order valence-electron chi connectivity index (χ0n) is 11.8. The second-order valence-electron chi connectivity index (χ2n) is 4.67. The van der Waals surface area contributed by atoms with Gasteiger partial charge >= 0.3 is 0 Å². The number of benzene rings is 2. The maximum absolute atomic E-state index is 6.44. The van der Waals surface area contributed by atoms with Crippen LogP contribution >= 0.6 is 27.5 Å². The van der Waals surface area contributed by atoms with Crippen molar-refractivity contribution in [3.8, 4) is 11.5 Å². The Hall–Kier alpha value is -1.78. The zero-order valence-corrected chi connectivity index (χ0v) is 14.2. The molecular formula is C17H13BrClNO2. The minimum atomic E-state index is 0.340. The Labute approximate surface area is 142 Å². The molecule has 0 radical (unpaired) electrons. The van der Waals surface area contributed by atoms with Crippen LogP contribution in [0.3, 0.4) is 0 Å². The lowest BCUT2D eigenvalue weighted by Crippen LogP contribution is -2.01. The highest BCUT2D eigenvalue weighted by Gasteiger charge is 2.13. The van der Waals surface area contributed by atoms with Gasteiger partial charge in [-0.1, -0.05) is 29.8 Å². The van der Waals surface area contributed by atoms with Gasteiger partial charge in [-0.2, -0.15) is 0 Å². The molecule has 1 heterocycles. The topological polar surface area (TPSA) is 31.4 Å². The van der Waals surface area contributed by atoms with Gasteiger partial charge in [0.05, 0.1) is 27.8 Å². The van der Waals surface area contributed by atoms with Gasteiger partial charge in [0.2, 0.25) is 0 Å². The van der Waals surface area contributed by atoms with Crippen LogP contribution in [0.1, 0.15) is 5.69 Å². The van der Waals surface area contributed by atoms with Gasteiger partial charge in [0, 0.05) is 5.39 Å². The monoisotopic (exact) mass is 377 g/mol. The summed E-state index contributed by atoms with van der Waals surface area (Å²) in [6, 6.07) is 15.2. The second-order valence-corrected chi connectivity index (χ2v) is 5.84. The average molecular weight is 379 g/mol. The number of rotatable bonds is 4. The predicted molar refractivity (Wildman–Crippen MR) is 91.8 cm³/mol. The molecule has 0 atom stereocenters. The molecule has 3 aromatic rings. The van der Waals surface area contributed by atoms with Crippen molar-refractivity contribution in [2.45, 2.75) is 6.61 Å². The van der Waals surface area contributed by atoms with Gasteiger partial charge in [-0.05, 0) is 46.3 Å². The van der Waals surface area contributed by atoms with Gasteiger partial charge in [-0.25, -0.2) is 4.98 Å². The highest BCUT2D eigenvalue weighted by molar-refractivity contribution is 9.10. The van der Waals surface area contributed by atoms with Crippen LogP contribution in [0.4, 0.5) is 0 Å². The predicted octanol–water partition coefficient (Wildman–Crippen LogP) is 5.24. The molecular weight excluding hydrogens is 366 g/mol. The molecule has 2 aromatic carbocycles. The quantitative estimate of drug-likeness (QED) is 0.622. The van der Waals surface area contributed by atoms with E-state index in [1.54, 1.807) is 7.11 Å². The van der Waals surface area contributed by atoms with Crippen LogP contribution in [0.15, 0.2) is 53.0 Å². The normalized spacial score (nSPS) is 10.7. The third-order valence-corrected chi connectivity index (χ3v) is 4.74. The first-order chi connectivity index (χ1) is 10.7. The van der Waals surface area contributed by atoms with Gasteiger partial charge in [0.15, 0.2) is 0 Å². The lowest BCUT2D eigenvalue weighted by atomic mass is 10.2. The Balaban J connectivity index is 1.95. The summed E-state index contributed by atoms with van der Waals surface area (Å²) in [4.78, 5) is 4.61. The molecule has 1 aromatic heterocycles. The standard InChI is InChI=1S/C17H13BrClNO2/c1-21-12-7-8-14-13(9-12)17(19)16(18)15(20-14)10-22-11-5-3-2-4-6-11/h2-9H,10H2,1H3. The molecule has 3 nitrogen and oxygen atoms in total. The molecule has 0 aliphatic heterocycles. The highest BCUT2D eigenvalue weighted by Crippen LogP contribution is 2.34. The Bertz CT molecular complexity index is 809. The van der Waals surface area contributed by atoms with Crippen molar-refractivity contribution in [2.24, 2.45) is 0 Å². The Morgan fingerprint density at radius 3 is 2.59 bits per heavy atom. The summed E-state index contributed by atoms with van der Waals surface area (Å²) in [5.41, 5.74) is 1.56. The molecule has 0 saturated heterocycles. The number of fused-ring (bicyclic) bond motifs is 1. The third kappa shape index (κ3) is 3.03. The van der Waals surface area contributed by atoms with Crippen LogP contribution in [0.25, 0.3) is 10.9 Å². The molecule has 22 heavy (non-hydrogen) atoms. The largest absolute Gasteiger partial charge is 0.497 e. The molecule has 3 rings (SSSR count). The number of ether oxygens (including phenoxy) is 2. The maximum atomic E-state index is 6.44. The number of pyridine rings is 1. The number of halogens is 2. The van der Waals surface area contributed by atoms with Crippen molar-refractivity contribution in [3.63, 3.8) is 0 Å². The van der Waals surface area contributed by atoms with E-state index in [9.17, 15) is 0 Å². The first-order valence-electron chi connectivity index (χ1n) is 6.68.